The number of unbranched alkanes of at least 4 members (excludes halogenated alkanes) is 1. The van der Waals surface area contributed by atoms with Crippen LogP contribution in [-0.4, -0.2) is 12.6 Å². The highest BCUT2D eigenvalue weighted by Gasteiger charge is 2.23. The third-order valence-corrected chi connectivity index (χ3v) is 2.77. The fourth-order valence-corrected chi connectivity index (χ4v) is 1.70. The van der Waals surface area contributed by atoms with Crippen molar-refractivity contribution in [1.29, 1.82) is 0 Å². The molecule has 14 heavy (non-hydrogen) atoms. The lowest BCUT2D eigenvalue weighted by Crippen LogP contribution is -2.21. The molecule has 0 unspecified atom stereocenters. The van der Waals surface area contributed by atoms with Gasteiger partial charge in [0.05, 0.1) is 12.5 Å². The summed E-state index contributed by atoms with van der Waals surface area (Å²) in [6.45, 7) is 6.62. The van der Waals surface area contributed by atoms with Gasteiger partial charge >= 0.3 is 5.97 Å². The van der Waals surface area contributed by atoms with E-state index in [1.807, 2.05) is 0 Å². The zero-order valence-electron chi connectivity index (χ0n) is 9.05. The number of rotatable bonds is 4. The molecule has 1 rings (SSSR count). The van der Waals surface area contributed by atoms with Gasteiger partial charge in [0.2, 0.25) is 0 Å². The Morgan fingerprint density at radius 3 is 2.71 bits per heavy atom. The van der Waals surface area contributed by atoms with Crippen LogP contribution in [-0.2, 0) is 9.53 Å². The van der Waals surface area contributed by atoms with Gasteiger partial charge in [0.25, 0.3) is 0 Å². The van der Waals surface area contributed by atoms with Crippen LogP contribution in [0.1, 0.15) is 45.4 Å². The average molecular weight is 196 g/mol. The lowest BCUT2D eigenvalue weighted by atomic mass is 9.87. The molecule has 0 bridgehead atoms. The zero-order valence-corrected chi connectivity index (χ0v) is 9.05. The molecule has 0 radical (unpaired) electrons. The molecule has 0 N–H and O–H groups in total. The first-order valence-electron chi connectivity index (χ1n) is 5.57. The SMILES string of the molecule is C=C1CCC(C(=O)OCCCC)CC1. The first-order valence-corrected chi connectivity index (χ1v) is 5.57. The molecular formula is C12H20O2. The van der Waals surface area contributed by atoms with Crippen molar-refractivity contribution >= 4 is 5.97 Å². The van der Waals surface area contributed by atoms with Crippen LogP contribution in [0.3, 0.4) is 0 Å². The highest BCUT2D eigenvalue weighted by Crippen LogP contribution is 2.27. The summed E-state index contributed by atoms with van der Waals surface area (Å²) in [5, 5.41) is 0. The minimum Gasteiger partial charge on any atom is -0.465 e. The Kier molecular flexibility index (Phi) is 4.71. The average Bonchev–Trinajstić information content (AvgIpc) is 2.19. The molecule has 1 aliphatic rings. The second-order valence-electron chi connectivity index (χ2n) is 4.05. The molecule has 0 aromatic heterocycles. The monoisotopic (exact) mass is 196 g/mol. The van der Waals surface area contributed by atoms with Crippen molar-refractivity contribution in [3.8, 4) is 0 Å². The van der Waals surface area contributed by atoms with Crippen molar-refractivity contribution in [3.05, 3.63) is 12.2 Å². The molecule has 0 aromatic rings. The number of hydrogen-bond donors (Lipinski definition) is 0. The summed E-state index contributed by atoms with van der Waals surface area (Å²) in [6, 6.07) is 0. The van der Waals surface area contributed by atoms with E-state index in [0.29, 0.717) is 6.61 Å². The lowest BCUT2D eigenvalue weighted by molar-refractivity contribution is -0.149. The van der Waals surface area contributed by atoms with E-state index in [9.17, 15) is 4.79 Å². The molecule has 1 saturated carbocycles. The van der Waals surface area contributed by atoms with E-state index in [1.165, 1.54) is 5.57 Å². The molecule has 0 aromatic carbocycles. The predicted molar refractivity (Wildman–Crippen MR) is 57.0 cm³/mol. The van der Waals surface area contributed by atoms with Gasteiger partial charge in [-0.05, 0) is 32.1 Å². The standard InChI is InChI=1S/C12H20O2/c1-3-4-9-14-12(13)11-7-5-10(2)6-8-11/h11H,2-9H2,1H3. The molecular weight excluding hydrogens is 176 g/mol. The normalized spacial score (nSPS) is 18.2. The van der Waals surface area contributed by atoms with Crippen LogP contribution in [0.25, 0.3) is 0 Å². The van der Waals surface area contributed by atoms with Crippen LogP contribution in [0, 0.1) is 5.92 Å². The Hall–Kier alpha value is -0.790. The molecule has 0 heterocycles. The smallest absolute Gasteiger partial charge is 0.308 e. The van der Waals surface area contributed by atoms with Crippen LogP contribution in [0.4, 0.5) is 0 Å². The molecule has 2 heteroatoms. The maximum absolute atomic E-state index is 11.5. The number of esters is 1. The Labute approximate surface area is 86.3 Å². The highest BCUT2D eigenvalue weighted by atomic mass is 16.5. The van der Waals surface area contributed by atoms with Gasteiger partial charge in [-0.25, -0.2) is 0 Å². The molecule has 1 fully saturated rings. The Morgan fingerprint density at radius 1 is 1.50 bits per heavy atom. The maximum atomic E-state index is 11.5. The molecule has 80 valence electrons. The number of allylic oxidation sites excluding steroid dienone is 1. The van der Waals surface area contributed by atoms with E-state index in [0.717, 1.165) is 38.5 Å². The van der Waals surface area contributed by atoms with Crippen LogP contribution >= 0.6 is 0 Å². The molecule has 1 aliphatic carbocycles. The minimum atomic E-state index is 0.00551. The zero-order chi connectivity index (χ0) is 10.4. The van der Waals surface area contributed by atoms with Crippen molar-refractivity contribution in [3.63, 3.8) is 0 Å². The summed E-state index contributed by atoms with van der Waals surface area (Å²) in [5.74, 6) is 0.142. The summed E-state index contributed by atoms with van der Waals surface area (Å²) in [7, 11) is 0. The second kappa shape index (κ2) is 5.84. The quantitative estimate of drug-likeness (QED) is 0.392. The summed E-state index contributed by atoms with van der Waals surface area (Å²) in [5.41, 5.74) is 1.28. The van der Waals surface area contributed by atoms with Gasteiger partial charge in [-0.1, -0.05) is 25.5 Å². The van der Waals surface area contributed by atoms with Crippen molar-refractivity contribution in [1.82, 2.24) is 0 Å². The summed E-state index contributed by atoms with van der Waals surface area (Å²) >= 11 is 0. The van der Waals surface area contributed by atoms with Gasteiger partial charge in [0, 0.05) is 0 Å². The topological polar surface area (TPSA) is 26.3 Å². The Morgan fingerprint density at radius 2 is 2.14 bits per heavy atom. The van der Waals surface area contributed by atoms with Gasteiger partial charge in [0.1, 0.15) is 0 Å². The number of carbonyl (C=O) groups excluding carboxylic acids is 1. The van der Waals surface area contributed by atoms with E-state index in [4.69, 9.17) is 4.74 Å². The molecule has 2 nitrogen and oxygen atoms in total. The summed E-state index contributed by atoms with van der Waals surface area (Å²) < 4.78 is 5.19. The summed E-state index contributed by atoms with van der Waals surface area (Å²) in [6.07, 6.45) is 5.91. The maximum Gasteiger partial charge on any atom is 0.308 e. The Balaban J connectivity index is 2.20. The molecule has 0 atom stereocenters. The first-order chi connectivity index (χ1) is 6.74. The Bertz CT molecular complexity index is 198. The molecule has 0 aliphatic heterocycles. The van der Waals surface area contributed by atoms with Gasteiger partial charge in [0.15, 0.2) is 0 Å². The van der Waals surface area contributed by atoms with Crippen molar-refractivity contribution in [2.75, 3.05) is 6.61 Å². The largest absolute Gasteiger partial charge is 0.465 e. The first kappa shape index (κ1) is 11.3. The van der Waals surface area contributed by atoms with E-state index in [-0.39, 0.29) is 11.9 Å². The number of ether oxygens (including phenoxy) is 1. The fourth-order valence-electron chi connectivity index (χ4n) is 1.70. The minimum absolute atomic E-state index is 0.00551. The summed E-state index contributed by atoms with van der Waals surface area (Å²) in [4.78, 5) is 11.5. The molecule has 0 spiro atoms. The number of hydrogen-bond acceptors (Lipinski definition) is 2. The predicted octanol–water partition coefficient (Wildman–Crippen LogP) is 3.08. The van der Waals surface area contributed by atoms with Gasteiger partial charge in [-0.3, -0.25) is 4.79 Å². The van der Waals surface area contributed by atoms with Crippen LogP contribution < -0.4 is 0 Å². The van der Waals surface area contributed by atoms with Gasteiger partial charge < -0.3 is 4.74 Å². The van der Waals surface area contributed by atoms with E-state index in [2.05, 4.69) is 13.5 Å². The van der Waals surface area contributed by atoms with Gasteiger partial charge in [-0.15, -0.1) is 0 Å². The number of carbonyl (C=O) groups is 1. The fraction of sp³-hybridized carbons (Fsp3) is 0.750. The van der Waals surface area contributed by atoms with Crippen molar-refractivity contribution in [2.24, 2.45) is 5.92 Å². The van der Waals surface area contributed by atoms with Crippen molar-refractivity contribution in [2.45, 2.75) is 45.4 Å². The van der Waals surface area contributed by atoms with Crippen LogP contribution in [0.5, 0.6) is 0 Å². The molecule has 0 saturated heterocycles. The third kappa shape index (κ3) is 3.52. The van der Waals surface area contributed by atoms with Crippen LogP contribution in [0.2, 0.25) is 0 Å². The lowest BCUT2D eigenvalue weighted by Gasteiger charge is -2.21. The molecule has 0 amide bonds. The van der Waals surface area contributed by atoms with E-state index < -0.39 is 0 Å². The van der Waals surface area contributed by atoms with Crippen molar-refractivity contribution < 1.29 is 9.53 Å². The second-order valence-corrected chi connectivity index (χ2v) is 4.05. The highest BCUT2D eigenvalue weighted by molar-refractivity contribution is 5.72. The van der Waals surface area contributed by atoms with Crippen LogP contribution in [0.15, 0.2) is 12.2 Å². The van der Waals surface area contributed by atoms with E-state index in [1.54, 1.807) is 0 Å². The van der Waals surface area contributed by atoms with E-state index >= 15 is 0 Å². The van der Waals surface area contributed by atoms with Gasteiger partial charge in [-0.2, -0.15) is 0 Å². The third-order valence-electron chi connectivity index (χ3n) is 2.77.